The fourth-order valence-corrected chi connectivity index (χ4v) is 6.29. The average Bonchev–Trinajstić information content (AvgIpc) is 3.21. The first-order chi connectivity index (χ1) is 12.0. The maximum atomic E-state index is 12.9. The van der Waals surface area contributed by atoms with E-state index < -0.39 is 0 Å². The summed E-state index contributed by atoms with van der Waals surface area (Å²) in [5.74, 6) is 2.17. The monoisotopic (exact) mass is 361 g/mol. The van der Waals surface area contributed by atoms with E-state index in [0.717, 1.165) is 32.1 Å². The lowest BCUT2D eigenvalue weighted by atomic mass is 9.49. The highest BCUT2D eigenvalue weighted by atomic mass is 35.5. The molecule has 2 aromatic heterocycles. The standard InChI is InChI=1S/C19H20ClNO4/c20-19-8-12-4-13(9-19)7-18(6-12,11-19)17(22)24-10-14-5-16(25-21-14)15-2-1-3-23-15/h1-3,5,12-13H,4,6-11H2/t12-,13-,18?,19?/m1/s1. The van der Waals surface area contributed by atoms with Crippen molar-refractivity contribution in [1.29, 1.82) is 0 Å². The molecule has 0 unspecified atom stereocenters. The fraction of sp³-hybridized carbons (Fsp3) is 0.579. The molecular formula is C19H20ClNO4. The molecule has 0 saturated heterocycles. The first-order valence-corrected chi connectivity index (χ1v) is 9.27. The van der Waals surface area contributed by atoms with Crippen molar-refractivity contribution in [2.24, 2.45) is 17.3 Å². The topological polar surface area (TPSA) is 65.5 Å². The Morgan fingerprint density at radius 3 is 2.76 bits per heavy atom. The Balaban J connectivity index is 1.28. The number of nitrogens with zero attached hydrogens (tertiary/aromatic N) is 1. The second kappa shape index (κ2) is 5.37. The van der Waals surface area contributed by atoms with E-state index in [1.807, 2.05) is 0 Å². The summed E-state index contributed by atoms with van der Waals surface area (Å²) < 4.78 is 16.2. The summed E-state index contributed by atoms with van der Waals surface area (Å²) >= 11 is 6.80. The predicted molar refractivity (Wildman–Crippen MR) is 89.7 cm³/mol. The van der Waals surface area contributed by atoms with Crippen molar-refractivity contribution in [3.8, 4) is 11.5 Å². The molecule has 25 heavy (non-hydrogen) atoms. The second-order valence-electron chi connectivity index (χ2n) is 8.13. The fourth-order valence-electron chi connectivity index (χ4n) is 5.60. The third-order valence-electron chi connectivity index (χ3n) is 6.10. The van der Waals surface area contributed by atoms with Gasteiger partial charge in [-0.3, -0.25) is 4.79 Å². The Morgan fingerprint density at radius 1 is 1.28 bits per heavy atom. The van der Waals surface area contributed by atoms with Crippen LogP contribution in [0.25, 0.3) is 11.5 Å². The molecule has 4 bridgehead atoms. The molecule has 0 N–H and O–H groups in total. The Morgan fingerprint density at radius 2 is 2.08 bits per heavy atom. The van der Waals surface area contributed by atoms with Crippen molar-refractivity contribution in [3.05, 3.63) is 30.2 Å². The molecule has 4 aliphatic rings. The van der Waals surface area contributed by atoms with Crippen molar-refractivity contribution in [1.82, 2.24) is 5.16 Å². The van der Waals surface area contributed by atoms with Gasteiger partial charge in [0.2, 0.25) is 5.76 Å². The number of ether oxygens (including phenoxy) is 1. The average molecular weight is 362 g/mol. The number of esters is 1. The SMILES string of the molecule is O=C(OCc1cc(-c2ccco2)on1)C12C[C@H]3C[C@@H](CC(Cl)(C3)C1)C2. The van der Waals surface area contributed by atoms with Gasteiger partial charge in [-0.25, -0.2) is 0 Å². The van der Waals surface area contributed by atoms with E-state index >= 15 is 0 Å². The molecule has 0 radical (unpaired) electrons. The molecule has 4 saturated carbocycles. The number of furan rings is 1. The molecule has 0 aliphatic heterocycles. The zero-order chi connectivity index (χ0) is 17.1. The van der Waals surface area contributed by atoms with Gasteiger partial charge < -0.3 is 13.7 Å². The normalized spacial score (nSPS) is 35.9. The number of aromatic nitrogens is 1. The highest BCUT2D eigenvalue weighted by Crippen LogP contribution is 2.64. The third kappa shape index (κ3) is 2.60. The van der Waals surface area contributed by atoms with Crippen molar-refractivity contribution in [3.63, 3.8) is 0 Å². The van der Waals surface area contributed by atoms with Crippen molar-refractivity contribution < 1.29 is 18.5 Å². The molecule has 4 fully saturated rings. The number of hydrogen-bond acceptors (Lipinski definition) is 5. The van der Waals surface area contributed by atoms with Crippen molar-refractivity contribution >= 4 is 17.6 Å². The Kier molecular flexibility index (Phi) is 3.33. The van der Waals surface area contributed by atoms with Gasteiger partial charge in [-0.2, -0.15) is 0 Å². The van der Waals surface area contributed by atoms with Gasteiger partial charge in [-0.1, -0.05) is 5.16 Å². The zero-order valence-corrected chi connectivity index (χ0v) is 14.6. The van der Waals surface area contributed by atoms with E-state index in [2.05, 4.69) is 5.16 Å². The number of carbonyl (C=O) groups is 1. The van der Waals surface area contributed by atoms with E-state index in [9.17, 15) is 4.79 Å². The van der Waals surface area contributed by atoms with Gasteiger partial charge in [0.1, 0.15) is 12.3 Å². The van der Waals surface area contributed by atoms with Crippen LogP contribution in [0.15, 0.2) is 33.4 Å². The molecule has 2 atom stereocenters. The van der Waals surface area contributed by atoms with Gasteiger partial charge in [-0.15, -0.1) is 11.6 Å². The summed E-state index contributed by atoms with van der Waals surface area (Å²) in [4.78, 5) is 12.7. The Labute approximate surface area is 150 Å². The van der Waals surface area contributed by atoms with Crippen LogP contribution in [0.4, 0.5) is 0 Å². The predicted octanol–water partition coefficient (Wildman–Crippen LogP) is 4.56. The van der Waals surface area contributed by atoms with E-state index in [1.54, 1.807) is 24.5 Å². The lowest BCUT2D eigenvalue weighted by Gasteiger charge is -2.58. The molecule has 0 amide bonds. The van der Waals surface area contributed by atoms with Crippen LogP contribution in [-0.4, -0.2) is 16.0 Å². The summed E-state index contributed by atoms with van der Waals surface area (Å²) in [5, 5.41) is 3.97. The first kappa shape index (κ1) is 15.5. The van der Waals surface area contributed by atoms with Crippen LogP contribution in [0.5, 0.6) is 0 Å². The maximum Gasteiger partial charge on any atom is 0.312 e. The Hall–Kier alpha value is -1.75. The van der Waals surface area contributed by atoms with Gasteiger partial charge in [0.25, 0.3) is 0 Å². The van der Waals surface area contributed by atoms with Crippen LogP contribution in [0.3, 0.4) is 0 Å². The molecule has 132 valence electrons. The minimum absolute atomic E-state index is 0.117. The molecule has 2 aromatic rings. The van der Waals surface area contributed by atoms with E-state index in [1.165, 1.54) is 6.42 Å². The molecule has 2 heterocycles. The number of hydrogen-bond donors (Lipinski definition) is 0. The van der Waals surface area contributed by atoms with E-state index in [-0.39, 0.29) is 22.9 Å². The summed E-state index contributed by atoms with van der Waals surface area (Å²) in [6, 6.07) is 5.33. The van der Waals surface area contributed by atoms with Crippen LogP contribution >= 0.6 is 11.6 Å². The maximum absolute atomic E-state index is 12.9. The molecule has 0 aromatic carbocycles. The summed E-state index contributed by atoms with van der Waals surface area (Å²) in [6.07, 6.45) is 7.50. The van der Waals surface area contributed by atoms with Gasteiger partial charge in [0.05, 0.1) is 11.7 Å². The minimum atomic E-state index is -0.389. The summed E-state index contributed by atoms with van der Waals surface area (Å²) in [7, 11) is 0. The third-order valence-corrected chi connectivity index (χ3v) is 6.54. The van der Waals surface area contributed by atoms with Crippen LogP contribution in [0.2, 0.25) is 0 Å². The lowest BCUT2D eigenvalue weighted by Crippen LogP contribution is -2.56. The Bertz CT molecular complexity index is 782. The highest BCUT2D eigenvalue weighted by Gasteiger charge is 2.60. The number of rotatable bonds is 4. The molecular weight excluding hydrogens is 342 g/mol. The molecule has 5 nitrogen and oxygen atoms in total. The van der Waals surface area contributed by atoms with Gasteiger partial charge >= 0.3 is 5.97 Å². The quantitative estimate of drug-likeness (QED) is 0.590. The lowest BCUT2D eigenvalue weighted by molar-refractivity contribution is -0.171. The smallest absolute Gasteiger partial charge is 0.312 e. The molecule has 6 heteroatoms. The number of halogens is 1. The van der Waals surface area contributed by atoms with E-state index in [0.29, 0.717) is 29.1 Å². The number of carbonyl (C=O) groups excluding carboxylic acids is 1. The molecule has 6 rings (SSSR count). The molecule has 4 aliphatic carbocycles. The van der Waals surface area contributed by atoms with Crippen molar-refractivity contribution in [2.45, 2.75) is 50.0 Å². The van der Waals surface area contributed by atoms with Crippen molar-refractivity contribution in [2.75, 3.05) is 0 Å². The van der Waals surface area contributed by atoms with Crippen LogP contribution < -0.4 is 0 Å². The zero-order valence-electron chi connectivity index (χ0n) is 13.9. The van der Waals surface area contributed by atoms with E-state index in [4.69, 9.17) is 25.3 Å². The number of alkyl halides is 1. The highest BCUT2D eigenvalue weighted by molar-refractivity contribution is 6.24. The van der Waals surface area contributed by atoms with Crippen LogP contribution in [-0.2, 0) is 16.1 Å². The van der Waals surface area contributed by atoms with Gasteiger partial charge in [-0.05, 0) is 62.5 Å². The first-order valence-electron chi connectivity index (χ1n) is 8.89. The summed E-state index contributed by atoms with van der Waals surface area (Å²) in [5.41, 5.74) is 0.199. The van der Waals surface area contributed by atoms with Gasteiger partial charge in [0, 0.05) is 10.9 Å². The van der Waals surface area contributed by atoms with Gasteiger partial charge in [0.15, 0.2) is 5.76 Å². The second-order valence-corrected chi connectivity index (χ2v) is 8.93. The minimum Gasteiger partial charge on any atom is -0.461 e. The molecule has 0 spiro atoms. The van der Waals surface area contributed by atoms with Crippen LogP contribution in [0.1, 0.15) is 44.2 Å². The summed E-state index contributed by atoms with van der Waals surface area (Å²) in [6.45, 7) is 0.120. The van der Waals surface area contributed by atoms with Crippen LogP contribution in [0, 0.1) is 17.3 Å². The largest absolute Gasteiger partial charge is 0.461 e.